The molecule has 6 heteroatoms. The SMILES string of the molecule is Cc1ccc(S(=O)(=O)N2CC(c3ccc(Br)cc3)C(=O)c3ccccc32)cc1. The minimum absolute atomic E-state index is 0.0618. The lowest BCUT2D eigenvalue weighted by Crippen LogP contribution is -2.41. The number of hydrogen-bond acceptors (Lipinski definition) is 3. The number of carbonyl (C=O) groups is 1. The molecule has 4 nitrogen and oxygen atoms in total. The van der Waals surface area contributed by atoms with E-state index in [1.165, 1.54) is 4.31 Å². The number of aryl methyl sites for hydroxylation is 1. The van der Waals surface area contributed by atoms with Crippen molar-refractivity contribution in [2.45, 2.75) is 17.7 Å². The van der Waals surface area contributed by atoms with Gasteiger partial charge in [-0.15, -0.1) is 0 Å². The average Bonchev–Trinajstić information content (AvgIpc) is 2.69. The Morgan fingerprint density at radius 1 is 0.929 bits per heavy atom. The normalized spacial score (nSPS) is 16.7. The maximum atomic E-state index is 13.4. The number of nitrogens with zero attached hydrogens (tertiary/aromatic N) is 1. The molecule has 3 aromatic carbocycles. The highest BCUT2D eigenvalue weighted by Gasteiger charge is 2.38. The number of halogens is 1. The van der Waals surface area contributed by atoms with Crippen molar-refractivity contribution in [3.05, 3.63) is 94.0 Å². The van der Waals surface area contributed by atoms with Crippen molar-refractivity contribution in [2.75, 3.05) is 10.8 Å². The summed E-state index contributed by atoms with van der Waals surface area (Å²) in [4.78, 5) is 13.3. The first-order valence-corrected chi connectivity index (χ1v) is 11.1. The van der Waals surface area contributed by atoms with E-state index in [4.69, 9.17) is 0 Å². The number of benzene rings is 3. The number of Topliss-reactive ketones (excluding diaryl/α,β-unsaturated/α-hetero) is 1. The summed E-state index contributed by atoms with van der Waals surface area (Å²) >= 11 is 3.40. The minimum Gasteiger partial charge on any atom is -0.293 e. The van der Waals surface area contributed by atoms with Crippen LogP contribution in [0.3, 0.4) is 0 Å². The lowest BCUT2D eigenvalue weighted by atomic mass is 9.87. The van der Waals surface area contributed by atoms with E-state index in [0.29, 0.717) is 11.3 Å². The van der Waals surface area contributed by atoms with Gasteiger partial charge in [-0.2, -0.15) is 0 Å². The Morgan fingerprint density at radius 2 is 1.57 bits per heavy atom. The van der Waals surface area contributed by atoms with Gasteiger partial charge in [0.1, 0.15) is 0 Å². The number of rotatable bonds is 3. The molecule has 0 spiro atoms. The van der Waals surface area contributed by atoms with Crippen LogP contribution in [0.2, 0.25) is 0 Å². The standard InChI is InChI=1S/C22H18BrNO3S/c1-15-6-12-18(13-7-15)28(26,27)24-14-20(16-8-10-17(23)11-9-16)22(25)19-4-2-3-5-21(19)24/h2-13,20H,14H2,1H3. The Hall–Kier alpha value is -2.44. The van der Waals surface area contributed by atoms with Crippen molar-refractivity contribution in [3.63, 3.8) is 0 Å². The minimum atomic E-state index is -3.79. The molecule has 1 aliphatic heterocycles. The van der Waals surface area contributed by atoms with Crippen molar-refractivity contribution in [2.24, 2.45) is 0 Å². The fourth-order valence-corrected chi connectivity index (χ4v) is 5.21. The van der Waals surface area contributed by atoms with E-state index in [1.54, 1.807) is 48.5 Å². The van der Waals surface area contributed by atoms with E-state index in [0.717, 1.165) is 15.6 Å². The Bertz CT molecular complexity index is 1140. The molecule has 1 unspecified atom stereocenters. The second-order valence-electron chi connectivity index (χ2n) is 6.83. The summed E-state index contributed by atoms with van der Waals surface area (Å²) in [6.07, 6.45) is 0. The van der Waals surface area contributed by atoms with Gasteiger partial charge in [0.25, 0.3) is 10.0 Å². The summed E-state index contributed by atoms with van der Waals surface area (Å²) in [6, 6.07) is 21.1. The van der Waals surface area contributed by atoms with Crippen molar-refractivity contribution in [1.82, 2.24) is 0 Å². The van der Waals surface area contributed by atoms with Gasteiger partial charge >= 0.3 is 0 Å². The molecular formula is C22H18BrNO3S. The van der Waals surface area contributed by atoms with Crippen LogP contribution in [-0.2, 0) is 10.0 Å². The molecule has 0 aromatic heterocycles. The van der Waals surface area contributed by atoms with E-state index >= 15 is 0 Å². The zero-order valence-electron chi connectivity index (χ0n) is 15.2. The fourth-order valence-electron chi connectivity index (χ4n) is 3.45. The molecule has 1 atom stereocenters. The highest BCUT2D eigenvalue weighted by molar-refractivity contribution is 9.10. The van der Waals surface area contributed by atoms with Gasteiger partial charge in [-0.25, -0.2) is 8.42 Å². The van der Waals surface area contributed by atoms with Gasteiger partial charge in [0.2, 0.25) is 0 Å². The third kappa shape index (κ3) is 3.27. The van der Waals surface area contributed by atoms with Crippen LogP contribution in [0, 0.1) is 6.92 Å². The number of ketones is 1. The van der Waals surface area contributed by atoms with Crippen LogP contribution >= 0.6 is 15.9 Å². The van der Waals surface area contributed by atoms with Crippen molar-refractivity contribution < 1.29 is 13.2 Å². The Labute approximate surface area is 173 Å². The second kappa shape index (κ2) is 7.18. The van der Waals surface area contributed by atoms with Gasteiger partial charge in [-0.1, -0.05) is 57.9 Å². The summed E-state index contributed by atoms with van der Waals surface area (Å²) < 4.78 is 29.1. The molecule has 0 bridgehead atoms. The smallest absolute Gasteiger partial charge is 0.264 e. The van der Waals surface area contributed by atoms with Gasteiger partial charge in [0.05, 0.1) is 16.5 Å². The molecule has 0 fully saturated rings. The molecule has 3 aromatic rings. The number of hydrogen-bond donors (Lipinski definition) is 0. The lowest BCUT2D eigenvalue weighted by Gasteiger charge is -2.34. The highest BCUT2D eigenvalue weighted by atomic mass is 79.9. The largest absolute Gasteiger partial charge is 0.293 e. The van der Waals surface area contributed by atoms with Crippen LogP contribution in [0.15, 0.2) is 82.2 Å². The predicted octanol–water partition coefficient (Wildman–Crippen LogP) is 4.93. The molecule has 0 N–H and O–H groups in total. The van der Waals surface area contributed by atoms with E-state index in [1.807, 2.05) is 31.2 Å². The number of fused-ring (bicyclic) bond motifs is 1. The van der Waals surface area contributed by atoms with Crippen LogP contribution in [0.25, 0.3) is 0 Å². The fraction of sp³-hybridized carbons (Fsp3) is 0.136. The Balaban J connectivity index is 1.84. The molecule has 28 heavy (non-hydrogen) atoms. The van der Waals surface area contributed by atoms with Gasteiger partial charge < -0.3 is 0 Å². The number of para-hydroxylation sites is 1. The van der Waals surface area contributed by atoms with E-state index in [2.05, 4.69) is 15.9 Å². The quantitative estimate of drug-likeness (QED) is 0.562. The van der Waals surface area contributed by atoms with Crippen LogP contribution < -0.4 is 4.31 Å². The summed E-state index contributed by atoms with van der Waals surface area (Å²) in [5, 5.41) is 0. The Kier molecular flexibility index (Phi) is 4.85. The van der Waals surface area contributed by atoms with Gasteiger partial charge in [-0.3, -0.25) is 9.10 Å². The summed E-state index contributed by atoms with van der Waals surface area (Å²) in [5.41, 5.74) is 2.64. The van der Waals surface area contributed by atoms with E-state index < -0.39 is 15.9 Å². The second-order valence-corrected chi connectivity index (χ2v) is 9.61. The molecule has 0 aliphatic carbocycles. The average molecular weight is 456 g/mol. The summed E-state index contributed by atoms with van der Waals surface area (Å²) in [7, 11) is -3.79. The van der Waals surface area contributed by atoms with E-state index in [9.17, 15) is 13.2 Å². The lowest BCUT2D eigenvalue weighted by molar-refractivity contribution is 0.0958. The van der Waals surface area contributed by atoms with Crippen LogP contribution in [0.5, 0.6) is 0 Å². The maximum Gasteiger partial charge on any atom is 0.264 e. The third-order valence-corrected chi connectivity index (χ3v) is 7.31. The number of carbonyl (C=O) groups excluding carboxylic acids is 1. The Morgan fingerprint density at radius 3 is 2.25 bits per heavy atom. The summed E-state index contributed by atoms with van der Waals surface area (Å²) in [5.74, 6) is -0.614. The first kappa shape index (κ1) is 18.9. The molecule has 142 valence electrons. The molecule has 4 rings (SSSR count). The molecule has 1 heterocycles. The van der Waals surface area contributed by atoms with Gasteiger partial charge in [0, 0.05) is 16.6 Å². The van der Waals surface area contributed by atoms with Crippen molar-refractivity contribution in [1.29, 1.82) is 0 Å². The number of anilines is 1. The van der Waals surface area contributed by atoms with E-state index in [-0.39, 0.29) is 17.2 Å². The summed E-state index contributed by atoms with van der Waals surface area (Å²) in [6.45, 7) is 1.99. The molecule has 0 saturated heterocycles. The van der Waals surface area contributed by atoms with Crippen LogP contribution in [0.1, 0.15) is 27.4 Å². The maximum absolute atomic E-state index is 13.4. The number of sulfonamides is 1. The van der Waals surface area contributed by atoms with Crippen LogP contribution in [0.4, 0.5) is 5.69 Å². The molecule has 0 radical (unpaired) electrons. The topological polar surface area (TPSA) is 54.5 Å². The monoisotopic (exact) mass is 455 g/mol. The molecular weight excluding hydrogens is 438 g/mol. The van der Waals surface area contributed by atoms with Gasteiger partial charge in [0.15, 0.2) is 5.78 Å². The van der Waals surface area contributed by atoms with Gasteiger partial charge in [-0.05, 0) is 48.9 Å². The van der Waals surface area contributed by atoms with Crippen molar-refractivity contribution in [3.8, 4) is 0 Å². The highest BCUT2D eigenvalue weighted by Crippen LogP contribution is 2.38. The predicted molar refractivity (Wildman–Crippen MR) is 113 cm³/mol. The molecule has 1 aliphatic rings. The first-order chi connectivity index (χ1) is 13.4. The zero-order chi connectivity index (χ0) is 19.9. The van der Waals surface area contributed by atoms with Crippen molar-refractivity contribution >= 4 is 37.4 Å². The van der Waals surface area contributed by atoms with Crippen LogP contribution in [-0.4, -0.2) is 20.7 Å². The first-order valence-electron chi connectivity index (χ1n) is 8.86. The molecule has 0 amide bonds. The third-order valence-electron chi connectivity index (χ3n) is 4.98. The molecule has 0 saturated carbocycles. The zero-order valence-corrected chi connectivity index (χ0v) is 17.6.